The molecule has 2 heterocycles. The van der Waals surface area contributed by atoms with Gasteiger partial charge in [0.15, 0.2) is 0 Å². The van der Waals surface area contributed by atoms with Gasteiger partial charge in [-0.1, -0.05) is 0 Å². The highest BCUT2D eigenvalue weighted by Crippen LogP contribution is 2.25. The second kappa shape index (κ2) is 7.39. The first-order valence-electron chi connectivity index (χ1n) is 9.03. The third kappa shape index (κ3) is 6.30. The maximum Gasteiger partial charge on any atom is 0.410 e. The number of nitrogens with one attached hydrogen (secondary N) is 1. The highest BCUT2D eigenvalue weighted by molar-refractivity contribution is 5.68. The van der Waals surface area contributed by atoms with Crippen molar-refractivity contribution in [3.8, 4) is 0 Å². The van der Waals surface area contributed by atoms with Crippen LogP contribution in [0.1, 0.15) is 66.7 Å². The quantitative estimate of drug-likeness (QED) is 0.846. The Labute approximate surface area is 141 Å². The van der Waals surface area contributed by atoms with E-state index in [2.05, 4.69) is 19.2 Å². The zero-order chi connectivity index (χ0) is 17.1. The summed E-state index contributed by atoms with van der Waals surface area (Å²) in [5, 5.41) is 3.80. The maximum atomic E-state index is 12.2. The third-order valence-corrected chi connectivity index (χ3v) is 4.55. The average molecular weight is 326 g/mol. The van der Waals surface area contributed by atoms with Crippen molar-refractivity contribution in [3.63, 3.8) is 0 Å². The first-order valence-corrected chi connectivity index (χ1v) is 9.03. The van der Waals surface area contributed by atoms with Gasteiger partial charge in [-0.25, -0.2) is 4.79 Å². The first kappa shape index (κ1) is 18.5. The summed E-state index contributed by atoms with van der Waals surface area (Å²) in [7, 11) is 0. The zero-order valence-electron chi connectivity index (χ0n) is 15.5. The number of amides is 1. The summed E-state index contributed by atoms with van der Waals surface area (Å²) in [6, 6.07) is 1.01. The Morgan fingerprint density at radius 1 is 1.17 bits per heavy atom. The summed E-state index contributed by atoms with van der Waals surface area (Å²) in [4.78, 5) is 14.1. The van der Waals surface area contributed by atoms with Gasteiger partial charge in [-0.3, -0.25) is 0 Å². The lowest BCUT2D eigenvalue weighted by Gasteiger charge is -2.37. The average Bonchev–Trinajstić information content (AvgIpc) is 2.61. The Bertz CT molecular complexity index is 404. The lowest BCUT2D eigenvalue weighted by atomic mass is 9.93. The number of likely N-dealkylation sites (tertiary alicyclic amines) is 1. The van der Waals surface area contributed by atoms with Crippen molar-refractivity contribution >= 4 is 6.09 Å². The molecular formula is C18H34N2O3. The van der Waals surface area contributed by atoms with Crippen LogP contribution in [0.5, 0.6) is 0 Å². The van der Waals surface area contributed by atoms with Gasteiger partial charge in [-0.05, 0) is 66.7 Å². The van der Waals surface area contributed by atoms with Crippen LogP contribution in [0.4, 0.5) is 4.79 Å². The largest absolute Gasteiger partial charge is 0.444 e. The van der Waals surface area contributed by atoms with Gasteiger partial charge in [0.2, 0.25) is 0 Å². The van der Waals surface area contributed by atoms with E-state index in [0.717, 1.165) is 51.8 Å². The molecule has 0 aromatic rings. The maximum absolute atomic E-state index is 12.2. The van der Waals surface area contributed by atoms with Crippen molar-refractivity contribution in [1.82, 2.24) is 10.2 Å². The van der Waals surface area contributed by atoms with Crippen molar-refractivity contribution in [3.05, 3.63) is 0 Å². The van der Waals surface area contributed by atoms with Crippen LogP contribution in [0, 0.1) is 0 Å². The molecule has 0 aliphatic carbocycles. The van der Waals surface area contributed by atoms with Crippen molar-refractivity contribution in [1.29, 1.82) is 0 Å². The van der Waals surface area contributed by atoms with Gasteiger partial charge < -0.3 is 19.7 Å². The van der Waals surface area contributed by atoms with E-state index < -0.39 is 5.60 Å². The predicted octanol–water partition coefficient (Wildman–Crippen LogP) is 3.32. The number of carbonyl (C=O) groups excluding carboxylic acids is 1. The molecule has 5 nitrogen and oxygen atoms in total. The molecule has 5 heteroatoms. The molecule has 2 rings (SSSR count). The summed E-state index contributed by atoms with van der Waals surface area (Å²) < 4.78 is 11.3. The molecule has 0 aromatic carbocycles. The molecule has 0 saturated carbocycles. The van der Waals surface area contributed by atoms with E-state index in [9.17, 15) is 4.79 Å². The van der Waals surface area contributed by atoms with Gasteiger partial charge in [-0.2, -0.15) is 0 Å². The molecule has 0 bridgehead atoms. The lowest BCUT2D eigenvalue weighted by molar-refractivity contribution is -0.0643. The minimum atomic E-state index is -0.422. The molecule has 1 amide bonds. The fourth-order valence-corrected chi connectivity index (χ4v) is 3.48. The zero-order valence-corrected chi connectivity index (χ0v) is 15.5. The van der Waals surface area contributed by atoms with Gasteiger partial charge >= 0.3 is 6.09 Å². The van der Waals surface area contributed by atoms with E-state index in [-0.39, 0.29) is 11.7 Å². The van der Waals surface area contributed by atoms with E-state index in [1.165, 1.54) is 0 Å². The fraction of sp³-hybridized carbons (Fsp3) is 0.944. The summed E-state index contributed by atoms with van der Waals surface area (Å²) in [6.07, 6.45) is 5.11. The fourth-order valence-electron chi connectivity index (χ4n) is 3.48. The molecular weight excluding hydrogens is 292 g/mol. The molecule has 2 unspecified atom stereocenters. The van der Waals surface area contributed by atoms with E-state index >= 15 is 0 Å². The minimum Gasteiger partial charge on any atom is -0.444 e. The van der Waals surface area contributed by atoms with Crippen LogP contribution in [0.3, 0.4) is 0 Å². The Morgan fingerprint density at radius 3 is 2.57 bits per heavy atom. The molecule has 0 radical (unpaired) electrons. The topological polar surface area (TPSA) is 50.8 Å². The number of carbonyl (C=O) groups is 1. The van der Waals surface area contributed by atoms with E-state index in [4.69, 9.17) is 9.47 Å². The van der Waals surface area contributed by atoms with Crippen molar-refractivity contribution in [2.75, 3.05) is 19.7 Å². The highest BCUT2D eigenvalue weighted by Gasteiger charge is 2.31. The summed E-state index contributed by atoms with van der Waals surface area (Å²) in [5.41, 5.74) is -0.447. The third-order valence-electron chi connectivity index (χ3n) is 4.55. The molecule has 2 fully saturated rings. The molecule has 1 N–H and O–H groups in total. The first-order chi connectivity index (χ1) is 10.6. The molecule has 0 aromatic heterocycles. The second-order valence-electron chi connectivity index (χ2n) is 8.56. The molecule has 2 aliphatic rings. The van der Waals surface area contributed by atoms with E-state index in [1.807, 2.05) is 25.7 Å². The summed E-state index contributed by atoms with van der Waals surface area (Å²) >= 11 is 0. The highest BCUT2D eigenvalue weighted by atomic mass is 16.6. The van der Waals surface area contributed by atoms with Crippen LogP contribution >= 0.6 is 0 Å². The SMILES string of the molecule is CC(C)(C)OC(=O)N1CCCC(NC2CCOC(C)(C)C2)CC1. The minimum absolute atomic E-state index is 0.0246. The Hall–Kier alpha value is -0.810. The van der Waals surface area contributed by atoms with E-state index in [0.29, 0.717) is 12.1 Å². The Morgan fingerprint density at radius 2 is 1.91 bits per heavy atom. The second-order valence-corrected chi connectivity index (χ2v) is 8.56. The molecule has 0 spiro atoms. The standard InChI is InChI=1S/C18H34N2O3/c1-17(2,3)23-16(21)20-10-6-7-14(8-11-20)19-15-9-12-22-18(4,5)13-15/h14-15,19H,6-13H2,1-5H3. The van der Waals surface area contributed by atoms with Gasteiger partial charge in [0.05, 0.1) is 5.60 Å². The van der Waals surface area contributed by atoms with Crippen molar-refractivity contribution < 1.29 is 14.3 Å². The molecule has 134 valence electrons. The molecule has 2 saturated heterocycles. The van der Waals surface area contributed by atoms with Crippen LogP contribution in [0.15, 0.2) is 0 Å². The van der Waals surface area contributed by atoms with Gasteiger partial charge in [0, 0.05) is 31.8 Å². The summed E-state index contributed by atoms with van der Waals surface area (Å²) in [5.74, 6) is 0. The van der Waals surface area contributed by atoms with Crippen LogP contribution in [-0.2, 0) is 9.47 Å². The number of hydrogen-bond donors (Lipinski definition) is 1. The van der Waals surface area contributed by atoms with E-state index in [1.54, 1.807) is 0 Å². The van der Waals surface area contributed by atoms with Crippen molar-refractivity contribution in [2.24, 2.45) is 0 Å². The smallest absolute Gasteiger partial charge is 0.410 e. The Balaban J connectivity index is 1.81. The molecule has 2 aliphatic heterocycles. The lowest BCUT2D eigenvalue weighted by Crippen LogP contribution is -2.47. The van der Waals surface area contributed by atoms with Crippen molar-refractivity contribution in [2.45, 2.75) is 90.0 Å². The summed E-state index contributed by atoms with van der Waals surface area (Å²) in [6.45, 7) is 12.5. The van der Waals surface area contributed by atoms with Gasteiger partial charge in [-0.15, -0.1) is 0 Å². The van der Waals surface area contributed by atoms with Crippen LogP contribution in [-0.4, -0.2) is 54.0 Å². The monoisotopic (exact) mass is 326 g/mol. The van der Waals surface area contributed by atoms with Gasteiger partial charge in [0.1, 0.15) is 5.60 Å². The van der Waals surface area contributed by atoms with Crippen LogP contribution < -0.4 is 5.32 Å². The number of ether oxygens (including phenoxy) is 2. The van der Waals surface area contributed by atoms with Crippen LogP contribution in [0.25, 0.3) is 0 Å². The Kier molecular flexibility index (Phi) is 5.95. The number of rotatable bonds is 2. The number of hydrogen-bond acceptors (Lipinski definition) is 4. The van der Waals surface area contributed by atoms with Crippen LogP contribution in [0.2, 0.25) is 0 Å². The van der Waals surface area contributed by atoms with Gasteiger partial charge in [0.25, 0.3) is 0 Å². The molecule has 23 heavy (non-hydrogen) atoms. The number of nitrogens with zero attached hydrogens (tertiary/aromatic N) is 1. The predicted molar refractivity (Wildman–Crippen MR) is 91.6 cm³/mol. The molecule has 2 atom stereocenters. The normalized spacial score (nSPS) is 29.0.